The Morgan fingerprint density at radius 1 is 1.26 bits per heavy atom. The molecule has 3 aromatic rings. The largest absolute Gasteiger partial charge is 0.389 e. The normalized spacial score (nSPS) is 11.4. The minimum Gasteiger partial charge on any atom is -0.389 e. The zero-order valence-corrected chi connectivity index (χ0v) is 16.0. The van der Waals surface area contributed by atoms with Crippen LogP contribution < -0.4 is 5.32 Å². The number of halogens is 1. The maximum Gasteiger partial charge on any atom is 0.270 e. The van der Waals surface area contributed by atoms with Crippen molar-refractivity contribution in [1.82, 2.24) is 25.5 Å². The number of aryl methyl sites for hydroxylation is 1. The van der Waals surface area contributed by atoms with E-state index in [-0.39, 0.29) is 12.2 Å². The van der Waals surface area contributed by atoms with Crippen molar-refractivity contribution in [2.45, 2.75) is 26.4 Å². The number of nitrogens with zero attached hydrogens (tertiary/aromatic N) is 3. The molecule has 0 unspecified atom stereocenters. The molecule has 0 aliphatic carbocycles. The fraction of sp³-hybridized carbons (Fsp3) is 0.263. The summed E-state index contributed by atoms with van der Waals surface area (Å²) in [6.45, 7) is 5.19. The smallest absolute Gasteiger partial charge is 0.270 e. The van der Waals surface area contributed by atoms with E-state index in [1.165, 1.54) is 0 Å². The van der Waals surface area contributed by atoms with Gasteiger partial charge >= 0.3 is 0 Å². The lowest BCUT2D eigenvalue weighted by Crippen LogP contribution is -2.38. The predicted molar refractivity (Wildman–Crippen MR) is 103 cm³/mol. The van der Waals surface area contributed by atoms with Crippen LogP contribution in [0.25, 0.3) is 22.6 Å². The van der Waals surface area contributed by atoms with Crippen LogP contribution in [0.5, 0.6) is 0 Å². The highest BCUT2D eigenvalue weighted by molar-refractivity contribution is 6.30. The maximum atomic E-state index is 12.6. The van der Waals surface area contributed by atoms with Gasteiger partial charge in [0.2, 0.25) is 0 Å². The van der Waals surface area contributed by atoms with Gasteiger partial charge in [-0.25, -0.2) is 9.97 Å². The second kappa shape index (κ2) is 7.46. The number of hydrogen-bond acceptors (Lipinski definition) is 5. The van der Waals surface area contributed by atoms with Gasteiger partial charge in [0.25, 0.3) is 5.91 Å². The van der Waals surface area contributed by atoms with E-state index in [0.717, 1.165) is 11.3 Å². The van der Waals surface area contributed by atoms with E-state index in [2.05, 4.69) is 25.5 Å². The number of rotatable bonds is 5. The molecule has 140 valence electrons. The Morgan fingerprint density at radius 2 is 1.96 bits per heavy atom. The minimum atomic E-state index is -1.02. The molecular weight excluding hydrogens is 366 g/mol. The van der Waals surface area contributed by atoms with Crippen LogP contribution >= 0.6 is 11.6 Å². The molecule has 3 N–H and O–H groups in total. The first-order valence-corrected chi connectivity index (χ1v) is 8.77. The zero-order chi connectivity index (χ0) is 19.6. The molecule has 0 spiro atoms. The van der Waals surface area contributed by atoms with Crippen molar-refractivity contribution >= 4 is 17.5 Å². The SMILES string of the molecule is Cc1[nH]ncc1-c1nc(C(=O)NCC(C)(C)O)cc(-c2ccc(Cl)cc2)n1. The van der Waals surface area contributed by atoms with Gasteiger partial charge in [0, 0.05) is 22.8 Å². The molecule has 7 nitrogen and oxygen atoms in total. The Kier molecular flexibility index (Phi) is 5.25. The average molecular weight is 386 g/mol. The van der Waals surface area contributed by atoms with Gasteiger partial charge in [-0.3, -0.25) is 9.89 Å². The number of carbonyl (C=O) groups excluding carboxylic acids is 1. The molecule has 0 bridgehead atoms. The molecule has 0 fully saturated rings. The molecule has 0 saturated heterocycles. The molecule has 8 heteroatoms. The first-order valence-electron chi connectivity index (χ1n) is 8.39. The fourth-order valence-corrected chi connectivity index (χ4v) is 2.54. The van der Waals surface area contributed by atoms with Gasteiger partial charge in [0.15, 0.2) is 5.82 Å². The number of H-pyrrole nitrogens is 1. The van der Waals surface area contributed by atoms with Crippen LogP contribution in [0.1, 0.15) is 30.0 Å². The molecule has 0 radical (unpaired) electrons. The summed E-state index contributed by atoms with van der Waals surface area (Å²) >= 11 is 5.97. The molecule has 27 heavy (non-hydrogen) atoms. The molecule has 0 atom stereocenters. The van der Waals surface area contributed by atoms with Crippen LogP contribution in [0.3, 0.4) is 0 Å². The van der Waals surface area contributed by atoms with Crippen LogP contribution in [0.4, 0.5) is 0 Å². The zero-order valence-electron chi connectivity index (χ0n) is 15.2. The van der Waals surface area contributed by atoms with E-state index in [9.17, 15) is 9.90 Å². The second-order valence-electron chi connectivity index (χ2n) is 6.87. The summed E-state index contributed by atoms with van der Waals surface area (Å²) in [5, 5.41) is 20.0. The molecule has 0 saturated carbocycles. The molecule has 0 aliphatic rings. The molecule has 3 rings (SSSR count). The van der Waals surface area contributed by atoms with Crippen molar-refractivity contribution in [3.8, 4) is 22.6 Å². The highest BCUT2D eigenvalue weighted by atomic mass is 35.5. The van der Waals surface area contributed by atoms with Crippen molar-refractivity contribution in [1.29, 1.82) is 0 Å². The lowest BCUT2D eigenvalue weighted by molar-refractivity contribution is 0.0692. The quantitative estimate of drug-likeness (QED) is 0.626. The number of aromatic nitrogens is 4. The van der Waals surface area contributed by atoms with E-state index in [1.54, 1.807) is 38.2 Å². The van der Waals surface area contributed by atoms with Crippen molar-refractivity contribution in [2.24, 2.45) is 0 Å². The average Bonchev–Trinajstić information content (AvgIpc) is 3.05. The molecule has 1 amide bonds. The van der Waals surface area contributed by atoms with E-state index in [4.69, 9.17) is 11.6 Å². The van der Waals surface area contributed by atoms with Gasteiger partial charge in [0.1, 0.15) is 5.69 Å². The fourth-order valence-electron chi connectivity index (χ4n) is 2.42. The number of amides is 1. The van der Waals surface area contributed by atoms with Gasteiger partial charge in [-0.2, -0.15) is 5.10 Å². The number of aromatic amines is 1. The summed E-state index contributed by atoms with van der Waals surface area (Å²) < 4.78 is 0. The Bertz CT molecular complexity index is 961. The van der Waals surface area contributed by atoms with Crippen molar-refractivity contribution in [3.63, 3.8) is 0 Å². The lowest BCUT2D eigenvalue weighted by Gasteiger charge is -2.17. The first-order chi connectivity index (χ1) is 12.7. The van der Waals surface area contributed by atoms with Gasteiger partial charge in [-0.15, -0.1) is 0 Å². The standard InChI is InChI=1S/C19H20ClN5O2/c1-11-14(9-22-25-11)17-23-15(12-4-6-13(20)7-5-12)8-16(24-17)18(26)21-10-19(2,3)27/h4-9,27H,10H2,1-3H3,(H,21,26)(H,22,25). The van der Waals surface area contributed by atoms with Gasteiger partial charge in [0.05, 0.1) is 23.1 Å². The first kappa shape index (κ1) is 19.0. The highest BCUT2D eigenvalue weighted by Gasteiger charge is 2.19. The number of aliphatic hydroxyl groups is 1. The van der Waals surface area contributed by atoms with E-state index >= 15 is 0 Å². The summed E-state index contributed by atoms with van der Waals surface area (Å²) in [4.78, 5) is 21.6. The number of hydrogen-bond donors (Lipinski definition) is 3. The van der Waals surface area contributed by atoms with Crippen molar-refractivity contribution in [3.05, 3.63) is 52.9 Å². The van der Waals surface area contributed by atoms with Crippen LogP contribution in [-0.2, 0) is 0 Å². The Balaban J connectivity index is 2.04. The number of carbonyl (C=O) groups is 1. The molecule has 2 heterocycles. The van der Waals surface area contributed by atoms with E-state index in [1.807, 2.05) is 19.1 Å². The maximum absolute atomic E-state index is 12.6. The highest BCUT2D eigenvalue weighted by Crippen LogP contribution is 2.25. The Labute approximate surface area is 161 Å². The Morgan fingerprint density at radius 3 is 2.56 bits per heavy atom. The topological polar surface area (TPSA) is 104 Å². The van der Waals surface area contributed by atoms with Crippen molar-refractivity contribution in [2.75, 3.05) is 6.54 Å². The van der Waals surface area contributed by atoms with Gasteiger partial charge < -0.3 is 10.4 Å². The van der Waals surface area contributed by atoms with Crippen LogP contribution in [0.15, 0.2) is 36.5 Å². The predicted octanol–water partition coefficient (Wildman–Crippen LogP) is 3.00. The molecular formula is C19H20ClN5O2. The third kappa shape index (κ3) is 4.69. The minimum absolute atomic E-state index is 0.103. The molecule has 0 aliphatic heterocycles. The van der Waals surface area contributed by atoms with E-state index in [0.29, 0.717) is 22.1 Å². The van der Waals surface area contributed by atoms with Crippen molar-refractivity contribution < 1.29 is 9.90 Å². The monoisotopic (exact) mass is 385 g/mol. The summed E-state index contributed by atoms with van der Waals surface area (Å²) in [5.74, 6) is -0.000699. The summed E-state index contributed by atoms with van der Waals surface area (Å²) in [5.41, 5.74) is 2.08. The van der Waals surface area contributed by atoms with Gasteiger partial charge in [-0.05, 0) is 39.0 Å². The number of benzene rings is 1. The van der Waals surface area contributed by atoms with E-state index < -0.39 is 11.5 Å². The third-order valence-electron chi connectivity index (χ3n) is 3.85. The molecule has 2 aromatic heterocycles. The van der Waals surface area contributed by atoms with Crippen LogP contribution in [-0.4, -0.2) is 43.3 Å². The summed E-state index contributed by atoms with van der Waals surface area (Å²) in [6.07, 6.45) is 1.62. The van der Waals surface area contributed by atoms with Gasteiger partial charge in [-0.1, -0.05) is 23.7 Å². The third-order valence-corrected chi connectivity index (χ3v) is 4.10. The molecule has 1 aromatic carbocycles. The van der Waals surface area contributed by atoms with Crippen LogP contribution in [0.2, 0.25) is 5.02 Å². The summed E-state index contributed by atoms with van der Waals surface area (Å²) in [6, 6.07) is 8.79. The Hall–Kier alpha value is -2.77. The second-order valence-corrected chi connectivity index (χ2v) is 7.31. The number of nitrogens with one attached hydrogen (secondary N) is 2. The van der Waals surface area contributed by atoms with Crippen LogP contribution in [0, 0.1) is 6.92 Å². The lowest BCUT2D eigenvalue weighted by atomic mass is 10.1. The summed E-state index contributed by atoms with van der Waals surface area (Å²) in [7, 11) is 0.